The number of para-hydroxylation sites is 1. The fourth-order valence-electron chi connectivity index (χ4n) is 1.71. The molecular weight excluding hydrogens is 241 g/mol. The van der Waals surface area contributed by atoms with Crippen LogP contribution in [0, 0.1) is 5.82 Å². The summed E-state index contributed by atoms with van der Waals surface area (Å²) < 4.78 is 13.7. The van der Waals surface area contributed by atoms with Crippen LogP contribution in [0.2, 0.25) is 0 Å². The van der Waals surface area contributed by atoms with Gasteiger partial charge in [0, 0.05) is 11.6 Å². The van der Waals surface area contributed by atoms with Gasteiger partial charge in [-0.3, -0.25) is 9.59 Å². The lowest BCUT2D eigenvalue weighted by Crippen LogP contribution is -2.33. The van der Waals surface area contributed by atoms with E-state index >= 15 is 0 Å². The van der Waals surface area contributed by atoms with Crippen LogP contribution in [-0.4, -0.2) is 22.9 Å². The van der Waals surface area contributed by atoms with E-state index in [1.165, 1.54) is 13.0 Å². The number of hydrogen-bond donors (Lipinski definition) is 1. The highest BCUT2D eigenvalue weighted by Crippen LogP contribution is 2.29. The van der Waals surface area contributed by atoms with Crippen LogP contribution < -0.4 is 4.90 Å². The maximum absolute atomic E-state index is 13.7. The zero-order valence-electron chi connectivity index (χ0n) is 9.31. The van der Waals surface area contributed by atoms with Crippen LogP contribution in [0.1, 0.15) is 17.3 Å². The van der Waals surface area contributed by atoms with Gasteiger partial charge in [-0.15, -0.1) is 0 Å². The van der Waals surface area contributed by atoms with Crippen LogP contribution in [0.4, 0.5) is 10.1 Å². The molecule has 1 aliphatic heterocycles. The van der Waals surface area contributed by atoms with E-state index in [-0.39, 0.29) is 5.57 Å². The Hall–Kier alpha value is -2.50. The lowest BCUT2D eigenvalue weighted by atomic mass is 10.1. The number of carboxylic acids is 1. The van der Waals surface area contributed by atoms with E-state index in [1.807, 2.05) is 0 Å². The number of benzene rings is 1. The molecule has 0 aliphatic carbocycles. The highest BCUT2D eigenvalue weighted by Gasteiger charge is 2.34. The van der Waals surface area contributed by atoms with E-state index in [1.54, 1.807) is 0 Å². The Morgan fingerprint density at radius 2 is 2.00 bits per heavy atom. The Balaban J connectivity index is 2.63. The lowest BCUT2D eigenvalue weighted by molar-refractivity contribution is -0.120. The molecule has 1 aromatic carbocycles. The van der Waals surface area contributed by atoms with Crippen molar-refractivity contribution in [2.45, 2.75) is 6.92 Å². The van der Waals surface area contributed by atoms with Gasteiger partial charge in [0.15, 0.2) is 0 Å². The summed E-state index contributed by atoms with van der Waals surface area (Å²) in [6.07, 6.45) is 1.04. The zero-order chi connectivity index (χ0) is 13.4. The van der Waals surface area contributed by atoms with Gasteiger partial charge < -0.3 is 5.11 Å². The molecule has 92 valence electrons. The number of aromatic carboxylic acids is 1. The zero-order valence-corrected chi connectivity index (χ0v) is 9.31. The normalized spacial score (nSPS) is 15.0. The van der Waals surface area contributed by atoms with E-state index in [9.17, 15) is 18.8 Å². The fourth-order valence-corrected chi connectivity index (χ4v) is 1.71. The van der Waals surface area contributed by atoms with Gasteiger partial charge in [-0.25, -0.2) is 14.1 Å². The third-order valence-electron chi connectivity index (χ3n) is 2.54. The Kier molecular flexibility index (Phi) is 2.70. The predicted molar refractivity (Wildman–Crippen MR) is 59.6 cm³/mol. The van der Waals surface area contributed by atoms with Gasteiger partial charge >= 0.3 is 5.97 Å². The van der Waals surface area contributed by atoms with Gasteiger partial charge in [-0.05, 0) is 19.1 Å². The molecule has 0 fully saturated rings. The average molecular weight is 249 g/mol. The number of carbonyl (C=O) groups is 3. The van der Waals surface area contributed by atoms with Crippen LogP contribution in [0.15, 0.2) is 29.8 Å². The number of hydrogen-bond acceptors (Lipinski definition) is 3. The molecule has 0 bridgehead atoms. The Morgan fingerprint density at radius 1 is 1.33 bits per heavy atom. The summed E-state index contributed by atoms with van der Waals surface area (Å²) in [5, 5.41) is 8.96. The molecule has 1 aromatic rings. The molecule has 6 heteroatoms. The largest absolute Gasteiger partial charge is 0.478 e. The number of anilines is 1. The Labute approximate surface area is 101 Å². The van der Waals surface area contributed by atoms with Crippen molar-refractivity contribution in [1.29, 1.82) is 0 Å². The maximum atomic E-state index is 13.7. The van der Waals surface area contributed by atoms with Crippen molar-refractivity contribution >= 4 is 23.5 Å². The minimum atomic E-state index is -1.41. The third-order valence-corrected chi connectivity index (χ3v) is 2.54. The van der Waals surface area contributed by atoms with E-state index in [2.05, 4.69) is 0 Å². The maximum Gasteiger partial charge on any atom is 0.337 e. The standard InChI is InChI=1S/C12H8FNO4/c1-6-5-9(15)14(11(6)16)10-7(12(17)18)3-2-4-8(10)13/h2-5H,1H3,(H,17,18). The molecule has 2 amide bonds. The second-order valence-corrected chi connectivity index (χ2v) is 3.75. The average Bonchev–Trinajstić information content (AvgIpc) is 2.54. The molecule has 0 spiro atoms. The molecule has 1 aliphatic rings. The van der Waals surface area contributed by atoms with Crippen LogP contribution in [0.25, 0.3) is 0 Å². The van der Waals surface area contributed by atoms with Crippen molar-refractivity contribution in [3.8, 4) is 0 Å². The fraction of sp³-hybridized carbons (Fsp3) is 0.0833. The van der Waals surface area contributed by atoms with Crippen molar-refractivity contribution in [3.63, 3.8) is 0 Å². The summed E-state index contributed by atoms with van der Waals surface area (Å²) in [5.41, 5.74) is -0.813. The number of carboxylic acid groups (broad SMARTS) is 1. The monoisotopic (exact) mass is 249 g/mol. The third kappa shape index (κ3) is 1.67. The van der Waals surface area contributed by atoms with Crippen molar-refractivity contribution < 1.29 is 23.9 Å². The second kappa shape index (κ2) is 4.06. The SMILES string of the molecule is CC1=CC(=O)N(c2c(F)cccc2C(=O)O)C1=O. The molecule has 0 aromatic heterocycles. The van der Waals surface area contributed by atoms with Crippen LogP contribution in [0.3, 0.4) is 0 Å². The van der Waals surface area contributed by atoms with Gasteiger partial charge in [0.05, 0.1) is 5.56 Å². The highest BCUT2D eigenvalue weighted by molar-refractivity contribution is 6.31. The molecule has 0 saturated carbocycles. The number of carbonyl (C=O) groups excluding carboxylic acids is 2. The number of rotatable bonds is 2. The van der Waals surface area contributed by atoms with Crippen molar-refractivity contribution in [1.82, 2.24) is 0 Å². The molecule has 0 radical (unpaired) electrons. The number of imide groups is 1. The predicted octanol–water partition coefficient (Wildman–Crippen LogP) is 1.34. The van der Waals surface area contributed by atoms with E-state index in [0.717, 1.165) is 18.2 Å². The number of nitrogens with zero attached hydrogens (tertiary/aromatic N) is 1. The molecule has 0 unspecified atom stereocenters. The first-order valence-corrected chi connectivity index (χ1v) is 5.02. The smallest absolute Gasteiger partial charge is 0.337 e. The first kappa shape index (κ1) is 12.0. The minimum absolute atomic E-state index is 0.139. The summed E-state index contributed by atoms with van der Waals surface area (Å²) in [6.45, 7) is 1.40. The summed E-state index contributed by atoms with van der Waals surface area (Å²) in [4.78, 5) is 34.8. The van der Waals surface area contributed by atoms with Gasteiger partial charge in [0.25, 0.3) is 11.8 Å². The van der Waals surface area contributed by atoms with E-state index in [4.69, 9.17) is 5.11 Å². The topological polar surface area (TPSA) is 74.7 Å². The van der Waals surface area contributed by atoms with Gasteiger partial charge in [-0.1, -0.05) is 6.07 Å². The summed E-state index contributed by atoms with van der Waals surface area (Å²) >= 11 is 0. The van der Waals surface area contributed by atoms with Crippen molar-refractivity contribution in [2.24, 2.45) is 0 Å². The van der Waals surface area contributed by atoms with Crippen LogP contribution in [-0.2, 0) is 9.59 Å². The van der Waals surface area contributed by atoms with Crippen molar-refractivity contribution in [3.05, 3.63) is 41.2 Å². The molecule has 2 rings (SSSR count). The quantitative estimate of drug-likeness (QED) is 0.802. The van der Waals surface area contributed by atoms with Gasteiger partial charge in [-0.2, -0.15) is 0 Å². The number of halogens is 1. The van der Waals surface area contributed by atoms with Crippen LogP contribution >= 0.6 is 0 Å². The number of amides is 2. The van der Waals surface area contributed by atoms with E-state index in [0.29, 0.717) is 4.90 Å². The second-order valence-electron chi connectivity index (χ2n) is 3.75. The van der Waals surface area contributed by atoms with Gasteiger partial charge in [0.2, 0.25) is 0 Å². The molecule has 1 heterocycles. The molecule has 0 atom stereocenters. The summed E-state index contributed by atoms with van der Waals surface area (Å²) in [6, 6.07) is 3.33. The lowest BCUT2D eigenvalue weighted by Gasteiger charge is -2.17. The summed E-state index contributed by atoms with van der Waals surface area (Å²) in [7, 11) is 0. The van der Waals surface area contributed by atoms with E-state index < -0.39 is 34.9 Å². The minimum Gasteiger partial charge on any atom is -0.478 e. The van der Waals surface area contributed by atoms with Crippen LogP contribution in [0.5, 0.6) is 0 Å². The molecule has 5 nitrogen and oxygen atoms in total. The highest BCUT2D eigenvalue weighted by atomic mass is 19.1. The molecule has 1 N–H and O–H groups in total. The van der Waals surface area contributed by atoms with Gasteiger partial charge in [0.1, 0.15) is 11.5 Å². The molecule has 0 saturated heterocycles. The molecule has 18 heavy (non-hydrogen) atoms. The molecular formula is C12H8FNO4. The summed E-state index contributed by atoms with van der Waals surface area (Å²) in [5.74, 6) is -3.80. The Bertz CT molecular complexity index is 606. The first-order chi connectivity index (χ1) is 8.43. The first-order valence-electron chi connectivity index (χ1n) is 5.02. The Morgan fingerprint density at radius 3 is 2.50 bits per heavy atom. The van der Waals surface area contributed by atoms with Crippen molar-refractivity contribution in [2.75, 3.05) is 4.90 Å².